The Morgan fingerprint density at radius 3 is 2.65 bits per heavy atom. The molecular weight excluding hydrogens is 208 g/mol. The van der Waals surface area contributed by atoms with Crippen LogP contribution < -0.4 is 10.2 Å². The number of hydrogen-bond acceptors (Lipinski definition) is 2. The van der Waals surface area contributed by atoms with Crippen LogP contribution in [0.1, 0.15) is 32.3 Å². The third kappa shape index (κ3) is 2.47. The van der Waals surface area contributed by atoms with E-state index in [-0.39, 0.29) is 5.54 Å². The maximum Gasteiger partial charge on any atom is 0.0400 e. The summed E-state index contributed by atoms with van der Waals surface area (Å²) in [7, 11) is 2.07. The Morgan fingerprint density at radius 2 is 2.00 bits per heavy atom. The third-order valence-corrected chi connectivity index (χ3v) is 4.05. The molecule has 1 atom stereocenters. The summed E-state index contributed by atoms with van der Waals surface area (Å²) in [6.07, 6.45) is 2.51. The number of aryl methyl sites for hydroxylation is 1. The number of hydrogen-bond donors (Lipinski definition) is 1. The molecule has 0 aliphatic carbocycles. The van der Waals surface area contributed by atoms with E-state index in [1.54, 1.807) is 0 Å². The second kappa shape index (κ2) is 4.69. The van der Waals surface area contributed by atoms with Crippen molar-refractivity contribution >= 4 is 5.69 Å². The van der Waals surface area contributed by atoms with Gasteiger partial charge in [-0.1, -0.05) is 18.2 Å². The van der Waals surface area contributed by atoms with E-state index in [1.807, 2.05) is 0 Å². The Labute approximate surface area is 105 Å². The predicted molar refractivity (Wildman–Crippen MR) is 74.7 cm³/mol. The first-order chi connectivity index (χ1) is 8.04. The predicted octanol–water partition coefficient (Wildman–Crippen LogP) is 2.96. The van der Waals surface area contributed by atoms with Gasteiger partial charge in [-0.15, -0.1) is 0 Å². The Bertz CT molecular complexity index is 384. The van der Waals surface area contributed by atoms with E-state index >= 15 is 0 Å². The topological polar surface area (TPSA) is 15.3 Å². The second-order valence-electron chi connectivity index (χ2n) is 5.73. The normalized spacial score (nSPS) is 23.8. The highest BCUT2D eigenvalue weighted by Crippen LogP contribution is 2.34. The van der Waals surface area contributed by atoms with Gasteiger partial charge in [-0.3, -0.25) is 0 Å². The Balaban J connectivity index is 2.30. The molecule has 1 N–H and O–H groups in total. The average molecular weight is 232 g/mol. The highest BCUT2D eigenvalue weighted by molar-refractivity contribution is 5.55. The van der Waals surface area contributed by atoms with E-state index in [4.69, 9.17) is 0 Å². The van der Waals surface area contributed by atoms with Crippen LogP contribution in [0.15, 0.2) is 24.3 Å². The minimum Gasteiger partial charge on any atom is -0.365 e. The van der Waals surface area contributed by atoms with Gasteiger partial charge in [0.15, 0.2) is 0 Å². The van der Waals surface area contributed by atoms with Crippen molar-refractivity contribution < 1.29 is 0 Å². The van der Waals surface area contributed by atoms with Gasteiger partial charge in [0, 0.05) is 23.8 Å². The molecular formula is C15H24N2. The molecule has 17 heavy (non-hydrogen) atoms. The Hall–Kier alpha value is -1.02. The van der Waals surface area contributed by atoms with Gasteiger partial charge in [0.1, 0.15) is 0 Å². The lowest BCUT2D eigenvalue weighted by Crippen LogP contribution is -2.55. The van der Waals surface area contributed by atoms with Crippen molar-refractivity contribution in [3.05, 3.63) is 29.8 Å². The van der Waals surface area contributed by atoms with E-state index in [2.05, 4.69) is 62.3 Å². The SMILES string of the molecule is CNC1CCC(C)(C)N(c2ccccc2C)C1. The summed E-state index contributed by atoms with van der Waals surface area (Å²) < 4.78 is 0. The Kier molecular flexibility index (Phi) is 3.43. The van der Waals surface area contributed by atoms with Crippen molar-refractivity contribution in [1.29, 1.82) is 0 Å². The first-order valence-electron chi connectivity index (χ1n) is 6.55. The molecule has 1 aromatic rings. The molecule has 1 aliphatic rings. The van der Waals surface area contributed by atoms with Crippen LogP contribution in [0.2, 0.25) is 0 Å². The van der Waals surface area contributed by atoms with Crippen molar-refractivity contribution in [3.8, 4) is 0 Å². The van der Waals surface area contributed by atoms with Gasteiger partial charge in [0.05, 0.1) is 0 Å². The number of para-hydroxylation sites is 1. The summed E-state index contributed by atoms with van der Waals surface area (Å²) >= 11 is 0. The molecule has 0 bridgehead atoms. The number of benzene rings is 1. The quantitative estimate of drug-likeness (QED) is 0.843. The Morgan fingerprint density at radius 1 is 1.29 bits per heavy atom. The van der Waals surface area contributed by atoms with Gasteiger partial charge >= 0.3 is 0 Å². The van der Waals surface area contributed by atoms with Gasteiger partial charge in [-0.05, 0) is 52.3 Å². The lowest BCUT2D eigenvalue weighted by Gasteiger charge is -2.47. The fraction of sp³-hybridized carbons (Fsp3) is 0.600. The van der Waals surface area contributed by atoms with Crippen molar-refractivity contribution in [2.75, 3.05) is 18.5 Å². The molecule has 0 amide bonds. The van der Waals surface area contributed by atoms with E-state index in [9.17, 15) is 0 Å². The lowest BCUT2D eigenvalue weighted by molar-refractivity contribution is 0.313. The van der Waals surface area contributed by atoms with Crippen molar-refractivity contribution in [2.24, 2.45) is 0 Å². The molecule has 0 spiro atoms. The molecule has 1 saturated heterocycles. The standard InChI is InChI=1S/C15H24N2/c1-12-7-5-6-8-14(12)17-11-13(16-4)9-10-15(17,2)3/h5-8,13,16H,9-11H2,1-4H3. The van der Waals surface area contributed by atoms with E-state index in [0.29, 0.717) is 6.04 Å². The molecule has 1 aromatic carbocycles. The zero-order chi connectivity index (χ0) is 12.5. The van der Waals surface area contributed by atoms with Crippen LogP contribution in [-0.4, -0.2) is 25.2 Å². The molecule has 0 aromatic heterocycles. The maximum absolute atomic E-state index is 3.42. The first kappa shape index (κ1) is 12.4. The number of likely N-dealkylation sites (N-methyl/N-ethyl adjacent to an activating group) is 1. The highest BCUT2D eigenvalue weighted by Gasteiger charge is 2.34. The smallest absolute Gasteiger partial charge is 0.0400 e. The summed E-state index contributed by atoms with van der Waals surface area (Å²) in [5, 5.41) is 3.42. The van der Waals surface area contributed by atoms with Crippen LogP contribution in [0, 0.1) is 6.92 Å². The summed E-state index contributed by atoms with van der Waals surface area (Å²) in [6, 6.07) is 9.32. The minimum atomic E-state index is 0.263. The maximum atomic E-state index is 3.42. The van der Waals surface area contributed by atoms with Crippen LogP contribution in [0.4, 0.5) is 5.69 Å². The van der Waals surface area contributed by atoms with Crippen LogP contribution in [-0.2, 0) is 0 Å². The number of piperidine rings is 1. The summed E-state index contributed by atoms with van der Waals surface area (Å²) in [5.41, 5.74) is 3.02. The summed E-state index contributed by atoms with van der Waals surface area (Å²) in [6.45, 7) is 8.01. The molecule has 1 aliphatic heterocycles. The van der Waals surface area contributed by atoms with Gasteiger partial charge in [-0.2, -0.15) is 0 Å². The first-order valence-corrected chi connectivity index (χ1v) is 6.55. The third-order valence-electron chi connectivity index (χ3n) is 4.05. The molecule has 2 rings (SSSR count). The zero-order valence-corrected chi connectivity index (χ0v) is 11.5. The van der Waals surface area contributed by atoms with Crippen molar-refractivity contribution in [2.45, 2.75) is 45.2 Å². The van der Waals surface area contributed by atoms with E-state index in [0.717, 1.165) is 6.54 Å². The van der Waals surface area contributed by atoms with Gasteiger partial charge in [0.2, 0.25) is 0 Å². The lowest BCUT2D eigenvalue weighted by atomic mass is 9.87. The molecule has 0 radical (unpaired) electrons. The van der Waals surface area contributed by atoms with Gasteiger partial charge < -0.3 is 10.2 Å². The zero-order valence-electron chi connectivity index (χ0n) is 11.5. The van der Waals surface area contributed by atoms with E-state index in [1.165, 1.54) is 24.1 Å². The fourth-order valence-electron chi connectivity index (χ4n) is 2.75. The average Bonchev–Trinajstić information content (AvgIpc) is 2.30. The van der Waals surface area contributed by atoms with Gasteiger partial charge in [0.25, 0.3) is 0 Å². The molecule has 2 heteroatoms. The highest BCUT2D eigenvalue weighted by atomic mass is 15.2. The molecule has 1 fully saturated rings. The summed E-state index contributed by atoms with van der Waals surface area (Å²) in [4.78, 5) is 2.56. The van der Waals surface area contributed by atoms with Crippen molar-refractivity contribution in [3.63, 3.8) is 0 Å². The largest absolute Gasteiger partial charge is 0.365 e. The molecule has 1 heterocycles. The number of rotatable bonds is 2. The van der Waals surface area contributed by atoms with Gasteiger partial charge in [-0.25, -0.2) is 0 Å². The second-order valence-corrected chi connectivity index (χ2v) is 5.73. The summed E-state index contributed by atoms with van der Waals surface area (Å²) in [5.74, 6) is 0. The van der Waals surface area contributed by atoms with E-state index < -0.39 is 0 Å². The monoisotopic (exact) mass is 232 g/mol. The molecule has 0 saturated carbocycles. The van der Waals surface area contributed by atoms with Crippen LogP contribution >= 0.6 is 0 Å². The molecule has 94 valence electrons. The van der Waals surface area contributed by atoms with Crippen LogP contribution in [0.3, 0.4) is 0 Å². The minimum absolute atomic E-state index is 0.263. The number of nitrogens with one attached hydrogen (secondary N) is 1. The van der Waals surface area contributed by atoms with Crippen LogP contribution in [0.5, 0.6) is 0 Å². The molecule has 1 unspecified atom stereocenters. The molecule has 2 nitrogen and oxygen atoms in total. The van der Waals surface area contributed by atoms with Crippen LogP contribution in [0.25, 0.3) is 0 Å². The van der Waals surface area contributed by atoms with Crippen molar-refractivity contribution in [1.82, 2.24) is 5.32 Å². The fourth-order valence-corrected chi connectivity index (χ4v) is 2.75. The number of anilines is 1. The number of nitrogens with zero attached hydrogens (tertiary/aromatic N) is 1.